The van der Waals surface area contributed by atoms with E-state index in [4.69, 9.17) is 4.98 Å². The molecule has 0 amide bonds. The third-order valence-electron chi connectivity index (χ3n) is 5.70. The Labute approximate surface area is 168 Å². The van der Waals surface area contributed by atoms with Gasteiger partial charge in [0.05, 0.1) is 0 Å². The molecule has 0 bridgehead atoms. The SMILES string of the molecule is Fc1ccc(CCN2CCN(c3nc(NC4CCCCC4)ns3)CC2)cc1F. The van der Waals surface area contributed by atoms with Crippen molar-refractivity contribution < 1.29 is 8.78 Å². The molecule has 1 aliphatic heterocycles. The number of nitrogens with one attached hydrogen (secondary N) is 1. The predicted octanol–water partition coefficient (Wildman–Crippen LogP) is 3.93. The molecule has 4 rings (SSSR count). The quantitative estimate of drug-likeness (QED) is 0.786. The van der Waals surface area contributed by atoms with Crippen molar-refractivity contribution in [1.29, 1.82) is 0 Å². The van der Waals surface area contributed by atoms with Gasteiger partial charge in [0.2, 0.25) is 11.1 Å². The smallest absolute Gasteiger partial charge is 0.236 e. The van der Waals surface area contributed by atoms with Crippen molar-refractivity contribution in [2.45, 2.75) is 44.6 Å². The Balaban J connectivity index is 1.23. The van der Waals surface area contributed by atoms with Crippen LogP contribution >= 0.6 is 11.5 Å². The lowest BCUT2D eigenvalue weighted by atomic mass is 9.96. The van der Waals surface area contributed by atoms with E-state index in [9.17, 15) is 8.78 Å². The average Bonchev–Trinajstić information content (AvgIpc) is 3.18. The normalized spacial score (nSPS) is 19.1. The number of hydrogen-bond donors (Lipinski definition) is 1. The van der Waals surface area contributed by atoms with Crippen LogP contribution in [0, 0.1) is 11.6 Å². The zero-order valence-electron chi connectivity index (χ0n) is 16.0. The molecule has 0 unspecified atom stereocenters. The summed E-state index contributed by atoms with van der Waals surface area (Å²) >= 11 is 1.47. The van der Waals surface area contributed by atoms with Crippen LogP contribution in [-0.2, 0) is 6.42 Å². The molecule has 2 aliphatic rings. The van der Waals surface area contributed by atoms with E-state index in [2.05, 4.69) is 19.5 Å². The molecule has 0 spiro atoms. The van der Waals surface area contributed by atoms with E-state index >= 15 is 0 Å². The minimum absolute atomic E-state index is 0.518. The Hall–Kier alpha value is -1.80. The van der Waals surface area contributed by atoms with Crippen LogP contribution in [0.2, 0.25) is 0 Å². The van der Waals surface area contributed by atoms with Crippen molar-refractivity contribution in [3.8, 4) is 0 Å². The number of nitrogens with zero attached hydrogens (tertiary/aromatic N) is 4. The summed E-state index contributed by atoms with van der Waals surface area (Å²) in [6.07, 6.45) is 7.08. The van der Waals surface area contributed by atoms with Gasteiger partial charge in [-0.1, -0.05) is 25.3 Å². The Bertz CT molecular complexity index is 770. The first-order valence-corrected chi connectivity index (χ1v) is 11.0. The molecule has 1 aromatic heterocycles. The standard InChI is InChI=1S/C20H27F2N5S/c21-17-7-6-15(14-18(17)22)8-9-26-10-12-27(13-11-26)20-24-19(25-28-20)23-16-4-2-1-3-5-16/h6-7,14,16H,1-5,8-13H2,(H,23,25). The lowest BCUT2D eigenvalue weighted by Crippen LogP contribution is -2.47. The fraction of sp³-hybridized carbons (Fsp3) is 0.600. The molecule has 1 saturated heterocycles. The van der Waals surface area contributed by atoms with Crippen LogP contribution in [0.5, 0.6) is 0 Å². The van der Waals surface area contributed by atoms with Gasteiger partial charge in [-0.2, -0.15) is 9.36 Å². The number of anilines is 2. The van der Waals surface area contributed by atoms with Crippen molar-refractivity contribution in [3.05, 3.63) is 35.4 Å². The molecule has 5 nitrogen and oxygen atoms in total. The van der Waals surface area contributed by atoms with Crippen LogP contribution in [-0.4, -0.2) is 53.0 Å². The summed E-state index contributed by atoms with van der Waals surface area (Å²) in [5.41, 5.74) is 0.837. The molecule has 1 aromatic carbocycles. The Morgan fingerprint density at radius 2 is 1.82 bits per heavy atom. The third kappa shape index (κ3) is 4.97. The fourth-order valence-electron chi connectivity index (χ4n) is 3.98. The summed E-state index contributed by atoms with van der Waals surface area (Å²) in [4.78, 5) is 9.34. The summed E-state index contributed by atoms with van der Waals surface area (Å²) in [5.74, 6) is -0.782. The molecule has 0 radical (unpaired) electrons. The second-order valence-electron chi connectivity index (χ2n) is 7.71. The van der Waals surface area contributed by atoms with E-state index in [1.807, 2.05) is 0 Å². The number of benzene rings is 1. The maximum atomic E-state index is 13.3. The first-order valence-electron chi connectivity index (χ1n) is 10.2. The molecular formula is C20H27F2N5S. The summed E-state index contributed by atoms with van der Waals surface area (Å²) in [7, 11) is 0. The topological polar surface area (TPSA) is 44.3 Å². The predicted molar refractivity (Wildman–Crippen MR) is 109 cm³/mol. The van der Waals surface area contributed by atoms with E-state index < -0.39 is 11.6 Å². The first kappa shape index (κ1) is 19.5. The monoisotopic (exact) mass is 407 g/mol. The molecule has 8 heteroatoms. The van der Waals surface area contributed by atoms with Crippen LogP contribution < -0.4 is 10.2 Å². The molecule has 28 heavy (non-hydrogen) atoms. The lowest BCUT2D eigenvalue weighted by molar-refractivity contribution is 0.261. The van der Waals surface area contributed by atoms with Crippen molar-refractivity contribution in [1.82, 2.24) is 14.3 Å². The number of halogens is 2. The Kier molecular flexibility index (Phi) is 6.36. The number of aromatic nitrogens is 2. The molecule has 152 valence electrons. The minimum atomic E-state index is -0.785. The average molecular weight is 408 g/mol. The largest absolute Gasteiger partial charge is 0.351 e. The third-order valence-corrected chi connectivity index (χ3v) is 6.47. The van der Waals surface area contributed by atoms with Gasteiger partial charge in [0.25, 0.3) is 0 Å². The van der Waals surface area contributed by atoms with Crippen LogP contribution in [0.25, 0.3) is 0 Å². The van der Waals surface area contributed by atoms with Gasteiger partial charge in [-0.15, -0.1) is 0 Å². The summed E-state index contributed by atoms with van der Waals surface area (Å²) in [5, 5.41) is 4.47. The van der Waals surface area contributed by atoms with Gasteiger partial charge in [-0.05, 0) is 37.0 Å². The number of hydrogen-bond acceptors (Lipinski definition) is 6. The highest BCUT2D eigenvalue weighted by molar-refractivity contribution is 7.09. The Morgan fingerprint density at radius 1 is 1.04 bits per heavy atom. The zero-order chi connectivity index (χ0) is 19.3. The second kappa shape index (κ2) is 9.13. The maximum absolute atomic E-state index is 13.3. The molecule has 1 aliphatic carbocycles. The van der Waals surface area contributed by atoms with Crippen LogP contribution in [0.15, 0.2) is 18.2 Å². The summed E-state index contributed by atoms with van der Waals surface area (Å²) in [6.45, 7) is 4.55. The summed E-state index contributed by atoms with van der Waals surface area (Å²) in [6, 6.07) is 4.69. The molecule has 2 fully saturated rings. The van der Waals surface area contributed by atoms with E-state index in [0.29, 0.717) is 6.04 Å². The van der Waals surface area contributed by atoms with Crippen molar-refractivity contribution in [2.75, 3.05) is 42.9 Å². The lowest BCUT2D eigenvalue weighted by Gasteiger charge is -2.34. The molecule has 1 N–H and O–H groups in total. The molecule has 1 saturated carbocycles. The molecule has 0 atom stereocenters. The van der Waals surface area contributed by atoms with Gasteiger partial charge in [-0.3, -0.25) is 4.90 Å². The first-order chi connectivity index (χ1) is 13.7. The van der Waals surface area contributed by atoms with Gasteiger partial charge in [0, 0.05) is 50.3 Å². The van der Waals surface area contributed by atoms with Crippen LogP contribution in [0.4, 0.5) is 19.9 Å². The zero-order valence-corrected chi connectivity index (χ0v) is 16.9. The van der Waals surface area contributed by atoms with E-state index in [0.717, 1.165) is 55.8 Å². The van der Waals surface area contributed by atoms with Gasteiger partial charge >= 0.3 is 0 Å². The Morgan fingerprint density at radius 3 is 2.57 bits per heavy atom. The molecular weight excluding hydrogens is 380 g/mol. The minimum Gasteiger partial charge on any atom is -0.351 e. The van der Waals surface area contributed by atoms with Crippen LogP contribution in [0.3, 0.4) is 0 Å². The number of rotatable bonds is 6. The van der Waals surface area contributed by atoms with Gasteiger partial charge in [0.1, 0.15) is 0 Å². The van der Waals surface area contributed by atoms with Crippen molar-refractivity contribution in [3.63, 3.8) is 0 Å². The van der Waals surface area contributed by atoms with E-state index in [1.54, 1.807) is 6.07 Å². The van der Waals surface area contributed by atoms with Gasteiger partial charge in [0.15, 0.2) is 11.6 Å². The highest BCUT2D eigenvalue weighted by atomic mass is 32.1. The van der Waals surface area contributed by atoms with Crippen molar-refractivity contribution in [2.24, 2.45) is 0 Å². The summed E-state index contributed by atoms with van der Waals surface area (Å²) < 4.78 is 30.8. The van der Waals surface area contributed by atoms with Gasteiger partial charge < -0.3 is 10.2 Å². The highest BCUT2D eigenvalue weighted by Crippen LogP contribution is 2.25. The van der Waals surface area contributed by atoms with Crippen LogP contribution in [0.1, 0.15) is 37.7 Å². The molecule has 2 heterocycles. The fourth-order valence-corrected chi connectivity index (χ4v) is 4.66. The highest BCUT2D eigenvalue weighted by Gasteiger charge is 2.21. The molecule has 2 aromatic rings. The number of piperazine rings is 1. The van der Waals surface area contributed by atoms with E-state index in [1.165, 1.54) is 55.8 Å². The maximum Gasteiger partial charge on any atom is 0.236 e. The van der Waals surface area contributed by atoms with Crippen molar-refractivity contribution >= 4 is 22.6 Å². The van der Waals surface area contributed by atoms with E-state index in [-0.39, 0.29) is 0 Å². The second-order valence-corrected chi connectivity index (χ2v) is 8.44. The van der Waals surface area contributed by atoms with Gasteiger partial charge in [-0.25, -0.2) is 8.78 Å².